The van der Waals surface area contributed by atoms with Crippen molar-refractivity contribution in [2.24, 2.45) is 5.92 Å². The molecular weight excluding hydrogens is 214 g/mol. The molecule has 0 aromatic carbocycles. The van der Waals surface area contributed by atoms with Crippen molar-refractivity contribution >= 4 is 11.6 Å². The predicted molar refractivity (Wildman–Crippen MR) is 70.2 cm³/mol. The van der Waals surface area contributed by atoms with Gasteiger partial charge in [-0.2, -0.15) is 0 Å². The fourth-order valence-corrected chi connectivity index (χ4v) is 2.37. The van der Waals surface area contributed by atoms with E-state index in [9.17, 15) is 5.11 Å². The number of hydrogen-bond acceptors (Lipinski definition) is 4. The van der Waals surface area contributed by atoms with Gasteiger partial charge in [0, 0.05) is 13.6 Å². The van der Waals surface area contributed by atoms with Crippen molar-refractivity contribution in [3.8, 4) is 0 Å². The highest BCUT2D eigenvalue weighted by atomic mass is 16.3. The van der Waals surface area contributed by atoms with Gasteiger partial charge in [0.05, 0.1) is 6.10 Å². The Balaban J connectivity index is 1.84. The van der Waals surface area contributed by atoms with Crippen LogP contribution in [0.3, 0.4) is 0 Å². The summed E-state index contributed by atoms with van der Waals surface area (Å²) in [5, 5.41) is 16.0. The molecule has 3 N–H and O–H groups in total. The van der Waals surface area contributed by atoms with Crippen LogP contribution in [0.2, 0.25) is 0 Å². The van der Waals surface area contributed by atoms with E-state index in [1.165, 1.54) is 6.42 Å². The quantitative estimate of drug-likeness (QED) is 0.748. The molecule has 2 atom stereocenters. The topological polar surface area (TPSA) is 57.2 Å². The van der Waals surface area contributed by atoms with Crippen molar-refractivity contribution in [3.63, 3.8) is 0 Å². The van der Waals surface area contributed by atoms with E-state index < -0.39 is 0 Å². The number of pyridine rings is 1. The second-order valence-electron chi connectivity index (χ2n) is 4.73. The Morgan fingerprint density at radius 2 is 2.18 bits per heavy atom. The highest BCUT2D eigenvalue weighted by molar-refractivity contribution is 5.44. The van der Waals surface area contributed by atoms with Crippen LogP contribution in [-0.4, -0.2) is 29.8 Å². The van der Waals surface area contributed by atoms with Crippen LogP contribution >= 0.6 is 0 Å². The minimum atomic E-state index is -0.104. The first-order valence-electron chi connectivity index (χ1n) is 6.34. The van der Waals surface area contributed by atoms with Crippen LogP contribution < -0.4 is 10.6 Å². The van der Waals surface area contributed by atoms with Crippen molar-refractivity contribution in [1.82, 2.24) is 4.98 Å². The summed E-state index contributed by atoms with van der Waals surface area (Å²) in [7, 11) is 1.86. The van der Waals surface area contributed by atoms with Crippen molar-refractivity contribution in [2.45, 2.75) is 31.8 Å². The fourth-order valence-electron chi connectivity index (χ4n) is 2.37. The molecule has 0 saturated heterocycles. The van der Waals surface area contributed by atoms with Gasteiger partial charge in [0.2, 0.25) is 0 Å². The van der Waals surface area contributed by atoms with Gasteiger partial charge in [-0.1, -0.05) is 12.5 Å². The largest absolute Gasteiger partial charge is 0.393 e. The van der Waals surface area contributed by atoms with Crippen LogP contribution in [0, 0.1) is 5.92 Å². The van der Waals surface area contributed by atoms with Crippen LogP contribution in [0.25, 0.3) is 0 Å². The molecule has 17 heavy (non-hydrogen) atoms. The van der Waals surface area contributed by atoms with E-state index in [0.717, 1.165) is 37.4 Å². The standard InChI is InChI=1S/C13H21N3O/c1-14-12-6-3-7-13(16-12)15-9-10-4-2-5-11(17)8-10/h3,6-7,10-11,17H,2,4-5,8-9H2,1H3,(H2,14,15,16). The third kappa shape index (κ3) is 3.60. The SMILES string of the molecule is CNc1cccc(NCC2CCCC(O)C2)n1. The van der Waals surface area contributed by atoms with Gasteiger partial charge in [0.1, 0.15) is 11.6 Å². The number of rotatable bonds is 4. The summed E-state index contributed by atoms with van der Waals surface area (Å²) >= 11 is 0. The molecule has 0 spiro atoms. The number of aliphatic hydroxyl groups is 1. The summed E-state index contributed by atoms with van der Waals surface area (Å²) in [6.45, 7) is 0.900. The Morgan fingerprint density at radius 1 is 1.35 bits per heavy atom. The number of aromatic nitrogens is 1. The molecule has 1 saturated carbocycles. The number of anilines is 2. The van der Waals surface area contributed by atoms with E-state index in [2.05, 4.69) is 15.6 Å². The lowest BCUT2D eigenvalue weighted by molar-refractivity contribution is 0.104. The lowest BCUT2D eigenvalue weighted by Crippen LogP contribution is -2.25. The van der Waals surface area contributed by atoms with E-state index in [0.29, 0.717) is 5.92 Å². The van der Waals surface area contributed by atoms with Gasteiger partial charge in [-0.05, 0) is 37.3 Å². The summed E-state index contributed by atoms with van der Waals surface area (Å²) < 4.78 is 0. The van der Waals surface area contributed by atoms with Crippen molar-refractivity contribution in [2.75, 3.05) is 24.2 Å². The van der Waals surface area contributed by atoms with Gasteiger partial charge in [-0.15, -0.1) is 0 Å². The maximum Gasteiger partial charge on any atom is 0.128 e. The highest BCUT2D eigenvalue weighted by Crippen LogP contribution is 2.24. The molecule has 0 amide bonds. The molecule has 1 heterocycles. The predicted octanol–water partition coefficient (Wildman–Crippen LogP) is 2.09. The molecule has 1 aliphatic carbocycles. The molecule has 0 aliphatic heterocycles. The summed E-state index contributed by atoms with van der Waals surface area (Å²) in [6, 6.07) is 5.90. The van der Waals surface area contributed by atoms with Crippen LogP contribution in [0.4, 0.5) is 11.6 Å². The first-order chi connectivity index (χ1) is 8.28. The lowest BCUT2D eigenvalue weighted by atomic mass is 9.87. The van der Waals surface area contributed by atoms with E-state index in [1.54, 1.807) is 0 Å². The van der Waals surface area contributed by atoms with Crippen molar-refractivity contribution in [1.29, 1.82) is 0 Å². The first-order valence-corrected chi connectivity index (χ1v) is 6.34. The molecule has 0 bridgehead atoms. The number of nitrogens with one attached hydrogen (secondary N) is 2. The highest BCUT2D eigenvalue weighted by Gasteiger charge is 2.19. The number of hydrogen-bond donors (Lipinski definition) is 3. The monoisotopic (exact) mass is 235 g/mol. The van der Waals surface area contributed by atoms with Crippen molar-refractivity contribution < 1.29 is 5.11 Å². The first kappa shape index (κ1) is 12.2. The molecule has 4 nitrogen and oxygen atoms in total. The number of aliphatic hydroxyl groups excluding tert-OH is 1. The Bertz CT molecular complexity index is 356. The molecule has 1 aromatic rings. The minimum absolute atomic E-state index is 0.104. The smallest absolute Gasteiger partial charge is 0.128 e. The molecular formula is C13H21N3O. The molecule has 1 fully saturated rings. The second-order valence-corrected chi connectivity index (χ2v) is 4.73. The van der Waals surface area contributed by atoms with E-state index >= 15 is 0 Å². The van der Waals surface area contributed by atoms with Gasteiger partial charge in [0.15, 0.2) is 0 Å². The van der Waals surface area contributed by atoms with E-state index in [4.69, 9.17) is 0 Å². The lowest BCUT2D eigenvalue weighted by Gasteiger charge is -2.26. The molecule has 94 valence electrons. The van der Waals surface area contributed by atoms with Gasteiger partial charge in [-0.3, -0.25) is 0 Å². The second kappa shape index (κ2) is 5.87. The maximum atomic E-state index is 9.61. The van der Waals surface area contributed by atoms with Crippen LogP contribution in [0.5, 0.6) is 0 Å². The van der Waals surface area contributed by atoms with Gasteiger partial charge in [-0.25, -0.2) is 4.98 Å². The zero-order valence-electron chi connectivity index (χ0n) is 10.3. The average molecular weight is 235 g/mol. The molecule has 0 radical (unpaired) electrons. The summed E-state index contributed by atoms with van der Waals surface area (Å²) in [5.74, 6) is 2.34. The summed E-state index contributed by atoms with van der Waals surface area (Å²) in [6.07, 6.45) is 4.11. The van der Waals surface area contributed by atoms with Crippen LogP contribution in [0.1, 0.15) is 25.7 Å². The normalized spacial score (nSPS) is 24.4. The zero-order chi connectivity index (χ0) is 12.1. The van der Waals surface area contributed by atoms with Gasteiger partial charge in [0.25, 0.3) is 0 Å². The Kier molecular flexibility index (Phi) is 4.20. The Labute approximate surface area is 102 Å². The van der Waals surface area contributed by atoms with Gasteiger partial charge >= 0.3 is 0 Å². The average Bonchev–Trinajstić information content (AvgIpc) is 2.37. The van der Waals surface area contributed by atoms with Crippen molar-refractivity contribution in [3.05, 3.63) is 18.2 Å². The van der Waals surface area contributed by atoms with Crippen LogP contribution in [0.15, 0.2) is 18.2 Å². The molecule has 2 rings (SSSR count). The van der Waals surface area contributed by atoms with E-state index in [1.807, 2.05) is 25.2 Å². The van der Waals surface area contributed by atoms with Crippen LogP contribution in [-0.2, 0) is 0 Å². The molecule has 1 aliphatic rings. The molecule has 2 unspecified atom stereocenters. The summed E-state index contributed by atoms with van der Waals surface area (Å²) in [5.41, 5.74) is 0. The zero-order valence-corrected chi connectivity index (χ0v) is 10.3. The van der Waals surface area contributed by atoms with E-state index in [-0.39, 0.29) is 6.10 Å². The molecule has 1 aromatic heterocycles. The maximum absolute atomic E-state index is 9.61. The Hall–Kier alpha value is -1.29. The number of nitrogens with zero attached hydrogens (tertiary/aromatic N) is 1. The third-order valence-electron chi connectivity index (χ3n) is 3.33. The molecule has 4 heteroatoms. The summed E-state index contributed by atoms with van der Waals surface area (Å²) in [4.78, 5) is 4.41. The Morgan fingerprint density at radius 3 is 2.94 bits per heavy atom. The minimum Gasteiger partial charge on any atom is -0.393 e. The van der Waals surface area contributed by atoms with Gasteiger partial charge < -0.3 is 15.7 Å². The fraction of sp³-hybridized carbons (Fsp3) is 0.615. The third-order valence-corrected chi connectivity index (χ3v) is 3.33.